The zero-order valence-electron chi connectivity index (χ0n) is 11.8. The monoisotopic (exact) mass is 253 g/mol. The van der Waals surface area contributed by atoms with Crippen LogP contribution in [0.3, 0.4) is 0 Å². The molecule has 1 N–H and O–H groups in total. The Bertz CT molecular complexity index is 289. The molecular weight excluding hydrogens is 226 g/mol. The van der Waals surface area contributed by atoms with Crippen LogP contribution in [-0.2, 0) is 4.74 Å². The quantitative estimate of drug-likeness (QED) is 0.777. The Hall–Kier alpha value is -0.160. The van der Waals surface area contributed by atoms with Gasteiger partial charge >= 0.3 is 0 Å². The molecule has 18 heavy (non-hydrogen) atoms. The molecule has 0 aliphatic carbocycles. The van der Waals surface area contributed by atoms with E-state index in [1.807, 2.05) is 0 Å². The molecule has 0 saturated carbocycles. The van der Waals surface area contributed by atoms with Gasteiger partial charge in [-0.25, -0.2) is 0 Å². The summed E-state index contributed by atoms with van der Waals surface area (Å²) in [5.41, 5.74) is 0.335. The number of hydrogen-bond acceptors (Lipinski definition) is 4. The summed E-state index contributed by atoms with van der Waals surface area (Å²) in [4.78, 5) is 5.35. The van der Waals surface area contributed by atoms with E-state index >= 15 is 0 Å². The van der Waals surface area contributed by atoms with Crippen molar-refractivity contribution in [2.75, 3.05) is 45.9 Å². The van der Waals surface area contributed by atoms with Crippen LogP contribution in [0.15, 0.2) is 0 Å². The Morgan fingerprint density at radius 2 is 1.83 bits per heavy atom. The fourth-order valence-electron chi connectivity index (χ4n) is 3.73. The molecule has 104 valence electrons. The molecule has 3 fully saturated rings. The normalized spacial score (nSPS) is 38.3. The van der Waals surface area contributed by atoms with Crippen LogP contribution < -0.4 is 5.32 Å². The van der Waals surface area contributed by atoms with Gasteiger partial charge < -0.3 is 10.1 Å². The van der Waals surface area contributed by atoms with Gasteiger partial charge in [-0.05, 0) is 26.7 Å². The van der Waals surface area contributed by atoms with E-state index in [1.54, 1.807) is 0 Å². The molecule has 3 aliphatic rings. The zero-order valence-corrected chi connectivity index (χ0v) is 11.8. The first-order valence-electron chi connectivity index (χ1n) is 7.45. The van der Waals surface area contributed by atoms with Crippen LogP contribution >= 0.6 is 0 Å². The van der Waals surface area contributed by atoms with Gasteiger partial charge in [0.15, 0.2) is 0 Å². The average Bonchev–Trinajstić information content (AvgIpc) is 2.96. The zero-order chi connectivity index (χ0) is 12.6. The predicted octanol–water partition coefficient (Wildman–Crippen LogP) is 0.533. The van der Waals surface area contributed by atoms with Crippen LogP contribution in [0.4, 0.5) is 0 Å². The molecule has 3 rings (SSSR count). The van der Waals surface area contributed by atoms with E-state index in [9.17, 15) is 0 Å². The summed E-state index contributed by atoms with van der Waals surface area (Å²) in [7, 11) is 0. The Labute approximate surface area is 111 Å². The third-order valence-electron chi connectivity index (χ3n) is 4.84. The molecule has 0 spiro atoms. The van der Waals surface area contributed by atoms with Crippen molar-refractivity contribution in [1.82, 2.24) is 15.1 Å². The second kappa shape index (κ2) is 5.08. The summed E-state index contributed by atoms with van der Waals surface area (Å²) in [6, 6.07) is 1.53. The van der Waals surface area contributed by atoms with Crippen molar-refractivity contribution in [3.05, 3.63) is 0 Å². The van der Waals surface area contributed by atoms with Gasteiger partial charge in [0.25, 0.3) is 0 Å². The van der Waals surface area contributed by atoms with Crippen LogP contribution in [-0.4, -0.2) is 73.4 Å². The smallest absolute Gasteiger partial charge is 0.0594 e. The van der Waals surface area contributed by atoms with Crippen molar-refractivity contribution >= 4 is 0 Å². The lowest BCUT2D eigenvalue weighted by atomic mass is 10.0. The van der Waals surface area contributed by atoms with Gasteiger partial charge in [-0.2, -0.15) is 0 Å². The first-order chi connectivity index (χ1) is 8.64. The van der Waals surface area contributed by atoms with Gasteiger partial charge in [0.1, 0.15) is 0 Å². The number of nitrogens with zero attached hydrogens (tertiary/aromatic N) is 2. The summed E-state index contributed by atoms with van der Waals surface area (Å²) in [6.45, 7) is 12.5. The lowest BCUT2D eigenvalue weighted by Gasteiger charge is -2.33. The summed E-state index contributed by atoms with van der Waals surface area (Å²) in [6.07, 6.45) is 2.64. The number of morpholine rings is 1. The Morgan fingerprint density at radius 3 is 2.50 bits per heavy atom. The highest BCUT2D eigenvalue weighted by atomic mass is 16.5. The maximum atomic E-state index is 5.45. The second-order valence-electron chi connectivity index (χ2n) is 6.71. The van der Waals surface area contributed by atoms with Crippen molar-refractivity contribution in [3.63, 3.8) is 0 Å². The van der Waals surface area contributed by atoms with E-state index in [4.69, 9.17) is 4.74 Å². The van der Waals surface area contributed by atoms with Crippen LogP contribution in [0.2, 0.25) is 0 Å². The molecule has 4 heteroatoms. The van der Waals surface area contributed by atoms with E-state index in [1.165, 1.54) is 32.5 Å². The number of nitrogens with one attached hydrogen (secondary N) is 1. The molecule has 0 aromatic rings. The van der Waals surface area contributed by atoms with Crippen LogP contribution in [0.25, 0.3) is 0 Å². The largest absolute Gasteiger partial charge is 0.379 e. The SMILES string of the molecule is CC1(C)CC(N2CCC(N3CCOCC3)C2)CN1. The maximum absolute atomic E-state index is 5.45. The van der Waals surface area contributed by atoms with Crippen molar-refractivity contribution in [1.29, 1.82) is 0 Å². The molecule has 0 radical (unpaired) electrons. The molecular formula is C14H27N3O. The molecule has 0 aromatic carbocycles. The third-order valence-corrected chi connectivity index (χ3v) is 4.84. The van der Waals surface area contributed by atoms with E-state index in [2.05, 4.69) is 29.0 Å². The molecule has 3 heterocycles. The Balaban J connectivity index is 1.52. The number of likely N-dealkylation sites (tertiary alicyclic amines) is 1. The van der Waals surface area contributed by atoms with Gasteiger partial charge in [-0.15, -0.1) is 0 Å². The average molecular weight is 253 g/mol. The van der Waals surface area contributed by atoms with Crippen molar-refractivity contribution in [3.8, 4) is 0 Å². The van der Waals surface area contributed by atoms with Crippen molar-refractivity contribution in [2.45, 2.75) is 44.3 Å². The molecule has 2 unspecified atom stereocenters. The molecule has 4 nitrogen and oxygen atoms in total. The van der Waals surface area contributed by atoms with E-state index in [-0.39, 0.29) is 0 Å². The number of hydrogen-bond donors (Lipinski definition) is 1. The lowest BCUT2D eigenvalue weighted by molar-refractivity contribution is 0.0177. The van der Waals surface area contributed by atoms with Crippen molar-refractivity contribution in [2.24, 2.45) is 0 Å². The summed E-state index contributed by atoms with van der Waals surface area (Å²) < 4.78 is 5.45. The minimum Gasteiger partial charge on any atom is -0.379 e. The minimum absolute atomic E-state index is 0.335. The number of ether oxygens (including phenoxy) is 1. The van der Waals surface area contributed by atoms with E-state index in [0.29, 0.717) is 5.54 Å². The fourth-order valence-corrected chi connectivity index (χ4v) is 3.73. The van der Waals surface area contributed by atoms with Crippen molar-refractivity contribution < 1.29 is 4.74 Å². The highest BCUT2D eigenvalue weighted by Crippen LogP contribution is 2.26. The van der Waals surface area contributed by atoms with E-state index < -0.39 is 0 Å². The number of rotatable bonds is 2. The first kappa shape index (κ1) is 12.9. The molecule has 3 saturated heterocycles. The molecule has 2 atom stereocenters. The summed E-state index contributed by atoms with van der Waals surface area (Å²) in [5, 5.41) is 3.64. The molecule has 0 bridgehead atoms. The van der Waals surface area contributed by atoms with Gasteiger partial charge in [-0.1, -0.05) is 0 Å². The Morgan fingerprint density at radius 1 is 1.06 bits per heavy atom. The highest BCUT2D eigenvalue weighted by molar-refractivity contribution is 4.97. The summed E-state index contributed by atoms with van der Waals surface area (Å²) in [5.74, 6) is 0. The van der Waals surface area contributed by atoms with Crippen LogP contribution in [0.1, 0.15) is 26.7 Å². The first-order valence-corrected chi connectivity index (χ1v) is 7.45. The lowest BCUT2D eigenvalue weighted by Crippen LogP contribution is -2.45. The second-order valence-corrected chi connectivity index (χ2v) is 6.71. The van der Waals surface area contributed by atoms with Gasteiger partial charge in [0.2, 0.25) is 0 Å². The summed E-state index contributed by atoms with van der Waals surface area (Å²) >= 11 is 0. The molecule has 0 amide bonds. The van der Waals surface area contributed by atoms with Gasteiger partial charge in [0, 0.05) is 50.3 Å². The van der Waals surface area contributed by atoms with Gasteiger partial charge in [-0.3, -0.25) is 9.80 Å². The predicted molar refractivity (Wildman–Crippen MR) is 72.9 cm³/mol. The van der Waals surface area contributed by atoms with E-state index in [0.717, 1.165) is 38.4 Å². The Kier molecular flexibility index (Phi) is 3.63. The topological polar surface area (TPSA) is 27.7 Å². The fraction of sp³-hybridized carbons (Fsp3) is 1.00. The van der Waals surface area contributed by atoms with Crippen LogP contribution in [0.5, 0.6) is 0 Å². The minimum atomic E-state index is 0.335. The van der Waals surface area contributed by atoms with Gasteiger partial charge in [0.05, 0.1) is 13.2 Å². The molecule has 0 aromatic heterocycles. The van der Waals surface area contributed by atoms with Crippen LogP contribution in [0, 0.1) is 0 Å². The molecule has 3 aliphatic heterocycles. The maximum Gasteiger partial charge on any atom is 0.0594 e. The highest BCUT2D eigenvalue weighted by Gasteiger charge is 2.38. The standard InChI is InChI=1S/C14H27N3O/c1-14(2)9-13(10-15-14)17-4-3-12(11-17)16-5-7-18-8-6-16/h12-13,15H,3-11H2,1-2H3. The third kappa shape index (κ3) is 2.72.